The molecule has 4 aromatic rings. The minimum atomic E-state index is -0.0506. The summed E-state index contributed by atoms with van der Waals surface area (Å²) in [5, 5.41) is 11.4. The van der Waals surface area contributed by atoms with Crippen molar-refractivity contribution in [2.24, 2.45) is 0 Å². The van der Waals surface area contributed by atoms with E-state index in [0.717, 1.165) is 21.8 Å². The average Bonchev–Trinajstić information content (AvgIpc) is 3.44. The number of aryl methyl sites for hydroxylation is 1. The molecule has 7 nitrogen and oxygen atoms in total. The van der Waals surface area contributed by atoms with Gasteiger partial charge in [0, 0.05) is 47.2 Å². The third-order valence-corrected chi connectivity index (χ3v) is 5.63. The van der Waals surface area contributed by atoms with Crippen LogP contribution in [0.1, 0.15) is 20.9 Å². The van der Waals surface area contributed by atoms with E-state index in [9.17, 15) is 4.79 Å². The summed E-state index contributed by atoms with van der Waals surface area (Å²) < 4.78 is 1.56. The molecule has 0 aliphatic heterocycles. The number of benzene rings is 1. The third kappa shape index (κ3) is 4.38. The maximum Gasteiger partial charge on any atom is 0.253 e. The van der Waals surface area contributed by atoms with Gasteiger partial charge in [-0.15, -0.1) is 16.4 Å². The van der Waals surface area contributed by atoms with Crippen molar-refractivity contribution in [2.75, 3.05) is 13.6 Å². The molecule has 29 heavy (non-hydrogen) atoms. The van der Waals surface area contributed by atoms with Crippen LogP contribution in [0.3, 0.4) is 0 Å². The van der Waals surface area contributed by atoms with Crippen molar-refractivity contribution in [2.45, 2.75) is 13.3 Å². The molecule has 0 aliphatic rings. The van der Waals surface area contributed by atoms with Crippen LogP contribution in [0.15, 0.2) is 61.1 Å². The standard InChI is InChI=1S/C21H20N6OS/c1-15-6-7-20(29-15)16-11-17(13-19(12-16)27-14-23-24-25-27)21(28)26(2)10-8-18-5-3-4-9-22-18/h3-7,9,11-14H,8,10H2,1-2H3. The summed E-state index contributed by atoms with van der Waals surface area (Å²) in [5.41, 5.74) is 3.28. The van der Waals surface area contributed by atoms with Crippen molar-refractivity contribution in [3.05, 3.63) is 77.2 Å². The zero-order valence-corrected chi connectivity index (χ0v) is 17.0. The highest BCUT2D eigenvalue weighted by atomic mass is 32.1. The monoisotopic (exact) mass is 404 g/mol. The van der Waals surface area contributed by atoms with Gasteiger partial charge in [0.15, 0.2) is 0 Å². The van der Waals surface area contributed by atoms with E-state index in [1.54, 1.807) is 27.1 Å². The van der Waals surface area contributed by atoms with Crippen LogP contribution in [0, 0.1) is 6.92 Å². The highest BCUT2D eigenvalue weighted by Crippen LogP contribution is 2.30. The molecule has 1 amide bonds. The maximum absolute atomic E-state index is 13.1. The number of hydrogen-bond acceptors (Lipinski definition) is 6. The molecule has 3 aromatic heterocycles. The largest absolute Gasteiger partial charge is 0.341 e. The first-order chi connectivity index (χ1) is 14.1. The molecular weight excluding hydrogens is 384 g/mol. The number of hydrogen-bond donors (Lipinski definition) is 0. The van der Waals surface area contributed by atoms with E-state index in [2.05, 4.69) is 39.6 Å². The van der Waals surface area contributed by atoms with Crippen LogP contribution in [0.25, 0.3) is 16.1 Å². The van der Waals surface area contributed by atoms with Crippen LogP contribution >= 0.6 is 11.3 Å². The summed E-state index contributed by atoms with van der Waals surface area (Å²) in [6.07, 6.45) is 3.99. The van der Waals surface area contributed by atoms with Crippen molar-refractivity contribution in [3.8, 4) is 16.1 Å². The SMILES string of the molecule is Cc1ccc(-c2cc(C(=O)N(C)CCc3ccccn3)cc(-n3cnnn3)c2)s1. The number of nitrogens with zero attached hydrogens (tertiary/aromatic N) is 6. The minimum absolute atomic E-state index is 0.0506. The highest BCUT2D eigenvalue weighted by Gasteiger charge is 2.16. The number of aromatic nitrogens is 5. The predicted octanol–water partition coefficient (Wildman–Crippen LogP) is 3.41. The van der Waals surface area contributed by atoms with Crippen molar-refractivity contribution in [1.82, 2.24) is 30.1 Å². The highest BCUT2D eigenvalue weighted by molar-refractivity contribution is 7.15. The van der Waals surface area contributed by atoms with E-state index in [4.69, 9.17) is 0 Å². The zero-order chi connectivity index (χ0) is 20.2. The Morgan fingerprint density at radius 3 is 2.76 bits per heavy atom. The summed E-state index contributed by atoms with van der Waals surface area (Å²) in [6.45, 7) is 2.65. The van der Waals surface area contributed by atoms with Gasteiger partial charge in [0.25, 0.3) is 5.91 Å². The third-order valence-electron chi connectivity index (χ3n) is 4.58. The van der Waals surface area contributed by atoms with Gasteiger partial charge in [-0.05, 0) is 65.4 Å². The molecule has 0 fully saturated rings. The normalized spacial score (nSPS) is 10.8. The molecule has 146 valence electrons. The fourth-order valence-corrected chi connectivity index (χ4v) is 3.88. The van der Waals surface area contributed by atoms with E-state index in [1.165, 1.54) is 11.2 Å². The molecule has 1 aromatic carbocycles. The average molecular weight is 404 g/mol. The summed E-state index contributed by atoms with van der Waals surface area (Å²) in [7, 11) is 1.81. The minimum Gasteiger partial charge on any atom is -0.341 e. The van der Waals surface area contributed by atoms with E-state index >= 15 is 0 Å². The molecular formula is C21H20N6OS. The molecule has 4 rings (SSSR count). The van der Waals surface area contributed by atoms with Gasteiger partial charge >= 0.3 is 0 Å². The Morgan fingerprint density at radius 1 is 1.17 bits per heavy atom. The predicted molar refractivity (Wildman–Crippen MR) is 112 cm³/mol. The quantitative estimate of drug-likeness (QED) is 0.492. The second kappa shape index (κ2) is 8.32. The lowest BCUT2D eigenvalue weighted by molar-refractivity contribution is 0.0796. The van der Waals surface area contributed by atoms with Crippen molar-refractivity contribution < 1.29 is 4.79 Å². The van der Waals surface area contributed by atoms with Gasteiger partial charge in [0.2, 0.25) is 0 Å². The molecule has 0 atom stereocenters. The van der Waals surface area contributed by atoms with Crippen LogP contribution in [0.2, 0.25) is 0 Å². The Morgan fingerprint density at radius 2 is 2.07 bits per heavy atom. The summed E-state index contributed by atoms with van der Waals surface area (Å²) in [5.74, 6) is -0.0506. The van der Waals surface area contributed by atoms with Gasteiger partial charge in [-0.25, -0.2) is 4.68 Å². The Balaban J connectivity index is 1.62. The Labute approximate surface area is 172 Å². The molecule has 0 saturated heterocycles. The Kier molecular flexibility index (Phi) is 5.44. The van der Waals surface area contributed by atoms with Gasteiger partial charge in [-0.2, -0.15) is 0 Å². The van der Waals surface area contributed by atoms with Crippen LogP contribution in [0.4, 0.5) is 0 Å². The number of tetrazole rings is 1. The Hall–Kier alpha value is -3.39. The number of thiophene rings is 1. The molecule has 0 unspecified atom stereocenters. The van der Waals surface area contributed by atoms with Crippen LogP contribution in [-0.2, 0) is 6.42 Å². The second-order valence-electron chi connectivity index (χ2n) is 6.73. The van der Waals surface area contributed by atoms with E-state index in [1.807, 2.05) is 43.4 Å². The first-order valence-electron chi connectivity index (χ1n) is 9.21. The van der Waals surface area contributed by atoms with Gasteiger partial charge < -0.3 is 4.90 Å². The fraction of sp³-hybridized carbons (Fsp3) is 0.190. The smallest absolute Gasteiger partial charge is 0.253 e. The molecule has 0 radical (unpaired) electrons. The second-order valence-corrected chi connectivity index (χ2v) is 8.02. The van der Waals surface area contributed by atoms with Crippen LogP contribution < -0.4 is 0 Å². The topological polar surface area (TPSA) is 76.8 Å². The van der Waals surface area contributed by atoms with Gasteiger partial charge in [0.1, 0.15) is 6.33 Å². The summed E-state index contributed by atoms with van der Waals surface area (Å²) >= 11 is 1.69. The van der Waals surface area contributed by atoms with Gasteiger partial charge in [-0.1, -0.05) is 6.07 Å². The van der Waals surface area contributed by atoms with Crippen LogP contribution in [-0.4, -0.2) is 49.6 Å². The van der Waals surface area contributed by atoms with Crippen LogP contribution in [0.5, 0.6) is 0 Å². The van der Waals surface area contributed by atoms with Crippen molar-refractivity contribution >= 4 is 17.2 Å². The lowest BCUT2D eigenvalue weighted by Gasteiger charge is -2.18. The molecule has 0 spiro atoms. The number of carbonyl (C=O) groups is 1. The lowest BCUT2D eigenvalue weighted by atomic mass is 10.1. The molecule has 3 heterocycles. The van der Waals surface area contributed by atoms with Crippen molar-refractivity contribution in [3.63, 3.8) is 0 Å². The molecule has 0 N–H and O–H groups in total. The number of pyridine rings is 1. The Bertz CT molecular complexity index is 1110. The number of rotatable bonds is 6. The van der Waals surface area contributed by atoms with E-state index < -0.39 is 0 Å². The zero-order valence-electron chi connectivity index (χ0n) is 16.2. The van der Waals surface area contributed by atoms with Crippen molar-refractivity contribution in [1.29, 1.82) is 0 Å². The first kappa shape index (κ1) is 18.9. The molecule has 0 bridgehead atoms. The number of carbonyl (C=O) groups excluding carboxylic acids is 1. The molecule has 8 heteroatoms. The van der Waals surface area contributed by atoms with E-state index in [-0.39, 0.29) is 5.91 Å². The first-order valence-corrected chi connectivity index (χ1v) is 10.0. The van der Waals surface area contributed by atoms with E-state index in [0.29, 0.717) is 18.5 Å². The summed E-state index contributed by atoms with van der Waals surface area (Å²) in [6, 6.07) is 15.7. The molecule has 0 saturated carbocycles. The summed E-state index contributed by atoms with van der Waals surface area (Å²) in [4.78, 5) is 21.5. The number of likely N-dealkylation sites (N-methyl/N-ethyl adjacent to an activating group) is 1. The number of amides is 1. The molecule has 0 aliphatic carbocycles. The van der Waals surface area contributed by atoms with Gasteiger partial charge in [-0.3, -0.25) is 9.78 Å². The maximum atomic E-state index is 13.1. The lowest BCUT2D eigenvalue weighted by Crippen LogP contribution is -2.29. The fourth-order valence-electron chi connectivity index (χ4n) is 3.03. The van der Waals surface area contributed by atoms with Gasteiger partial charge in [0.05, 0.1) is 5.69 Å².